The van der Waals surface area contributed by atoms with Crippen LogP contribution >= 0.6 is 0 Å². The Morgan fingerprint density at radius 2 is 1.92 bits per heavy atom. The number of carboxylic acid groups (broad SMARTS) is 1. The number of hydrogen-bond acceptors (Lipinski definition) is 4. The van der Waals surface area contributed by atoms with Crippen LogP contribution in [0.1, 0.15) is 35.3 Å². The molecule has 2 amide bonds. The van der Waals surface area contributed by atoms with Crippen molar-refractivity contribution in [3.05, 3.63) is 59.2 Å². The Bertz CT molecular complexity index is 945. The number of hydrogen-bond donors (Lipinski definition) is 1. The van der Waals surface area contributed by atoms with Gasteiger partial charge in [0.25, 0.3) is 5.91 Å². The number of rotatable bonds is 4. The summed E-state index contributed by atoms with van der Waals surface area (Å²) in [5.74, 6) is -1.41. The zero-order chi connectivity index (χ0) is 18.8. The van der Waals surface area contributed by atoms with E-state index in [9.17, 15) is 19.5 Å². The van der Waals surface area contributed by atoms with Crippen LogP contribution in [0.4, 0.5) is 5.69 Å². The number of para-hydroxylation sites is 1. The predicted octanol–water partition coefficient (Wildman–Crippen LogP) is 3.22. The highest BCUT2D eigenvalue weighted by molar-refractivity contribution is 6.42. The summed E-state index contributed by atoms with van der Waals surface area (Å²) in [5, 5.41) is 9.24. The SMILES string of the molecule is CCOc1ccccc1/C=C1\C(=O)N(C(C)=O)c2ccc(C(=O)O)cc21. The number of anilines is 1. The minimum absolute atomic E-state index is 0.0472. The first-order valence-electron chi connectivity index (χ1n) is 8.10. The van der Waals surface area contributed by atoms with Gasteiger partial charge in [0.2, 0.25) is 5.91 Å². The lowest BCUT2D eigenvalue weighted by Crippen LogP contribution is -2.31. The zero-order valence-corrected chi connectivity index (χ0v) is 14.4. The van der Waals surface area contributed by atoms with Gasteiger partial charge in [-0.25, -0.2) is 9.69 Å². The molecule has 0 atom stereocenters. The first-order chi connectivity index (χ1) is 12.4. The van der Waals surface area contributed by atoms with E-state index in [0.717, 1.165) is 4.90 Å². The number of amides is 2. The van der Waals surface area contributed by atoms with Crippen LogP contribution in [0, 0.1) is 0 Å². The monoisotopic (exact) mass is 351 g/mol. The second kappa shape index (κ2) is 6.84. The van der Waals surface area contributed by atoms with Gasteiger partial charge in [-0.1, -0.05) is 18.2 Å². The van der Waals surface area contributed by atoms with Gasteiger partial charge in [-0.3, -0.25) is 9.59 Å². The molecule has 0 radical (unpaired) electrons. The molecule has 0 spiro atoms. The van der Waals surface area contributed by atoms with Crippen LogP contribution in [0.25, 0.3) is 11.6 Å². The number of imide groups is 1. The van der Waals surface area contributed by atoms with Gasteiger partial charge in [-0.15, -0.1) is 0 Å². The molecule has 6 heteroatoms. The van der Waals surface area contributed by atoms with Crippen molar-refractivity contribution < 1.29 is 24.2 Å². The van der Waals surface area contributed by atoms with E-state index in [2.05, 4.69) is 0 Å². The summed E-state index contributed by atoms with van der Waals surface area (Å²) in [7, 11) is 0. The van der Waals surface area contributed by atoms with E-state index in [1.165, 1.54) is 25.1 Å². The molecule has 3 rings (SSSR count). The lowest BCUT2D eigenvalue weighted by atomic mass is 10.0. The van der Waals surface area contributed by atoms with Gasteiger partial charge in [0.1, 0.15) is 5.75 Å². The van der Waals surface area contributed by atoms with Crippen molar-refractivity contribution in [2.75, 3.05) is 11.5 Å². The van der Waals surface area contributed by atoms with Crippen molar-refractivity contribution in [2.45, 2.75) is 13.8 Å². The molecule has 0 saturated heterocycles. The van der Waals surface area contributed by atoms with Gasteiger partial charge in [-0.2, -0.15) is 0 Å². The average molecular weight is 351 g/mol. The lowest BCUT2D eigenvalue weighted by molar-refractivity contribution is -0.122. The number of benzene rings is 2. The predicted molar refractivity (Wildman–Crippen MR) is 97.1 cm³/mol. The summed E-state index contributed by atoms with van der Waals surface area (Å²) in [5.41, 5.74) is 1.77. The molecule has 132 valence electrons. The minimum Gasteiger partial charge on any atom is -0.493 e. The van der Waals surface area contributed by atoms with Crippen LogP contribution < -0.4 is 9.64 Å². The third-order valence-electron chi connectivity index (χ3n) is 4.04. The topological polar surface area (TPSA) is 83.9 Å². The standard InChI is InChI=1S/C20H17NO5/c1-3-26-18-7-5-4-6-13(18)10-16-15-11-14(20(24)25)8-9-17(15)21(12(2)22)19(16)23/h4-11H,3H2,1-2H3,(H,24,25)/b16-10-. The van der Waals surface area contributed by atoms with Gasteiger partial charge < -0.3 is 9.84 Å². The molecule has 0 bridgehead atoms. The fourth-order valence-corrected chi connectivity index (χ4v) is 2.92. The molecule has 1 aliphatic rings. The quantitative estimate of drug-likeness (QED) is 0.855. The van der Waals surface area contributed by atoms with E-state index in [1.54, 1.807) is 18.2 Å². The summed E-state index contributed by atoms with van der Waals surface area (Å²) in [4.78, 5) is 37.1. The largest absolute Gasteiger partial charge is 0.493 e. The average Bonchev–Trinajstić information content (AvgIpc) is 2.88. The minimum atomic E-state index is -1.10. The number of fused-ring (bicyclic) bond motifs is 1. The van der Waals surface area contributed by atoms with Crippen molar-refractivity contribution >= 4 is 35.1 Å². The van der Waals surface area contributed by atoms with Crippen LogP contribution in [0.2, 0.25) is 0 Å². The Balaban J connectivity index is 2.20. The molecule has 6 nitrogen and oxygen atoms in total. The molecule has 0 saturated carbocycles. The van der Waals surface area contributed by atoms with E-state index in [4.69, 9.17) is 4.74 Å². The number of ether oxygens (including phenoxy) is 1. The van der Waals surface area contributed by atoms with Crippen LogP contribution in [0.15, 0.2) is 42.5 Å². The second-order valence-corrected chi connectivity index (χ2v) is 5.73. The second-order valence-electron chi connectivity index (χ2n) is 5.73. The van der Waals surface area contributed by atoms with E-state index < -0.39 is 17.8 Å². The smallest absolute Gasteiger partial charge is 0.335 e. The lowest BCUT2D eigenvalue weighted by Gasteiger charge is -2.12. The molecule has 1 aliphatic heterocycles. The molecule has 26 heavy (non-hydrogen) atoms. The third kappa shape index (κ3) is 2.97. The molecule has 0 aromatic heterocycles. The highest BCUT2D eigenvalue weighted by Gasteiger charge is 2.35. The summed E-state index contributed by atoms with van der Waals surface area (Å²) < 4.78 is 5.58. The molecular weight excluding hydrogens is 334 g/mol. The van der Waals surface area contributed by atoms with Crippen molar-refractivity contribution in [3.8, 4) is 5.75 Å². The Morgan fingerprint density at radius 3 is 2.58 bits per heavy atom. The molecule has 0 fully saturated rings. The first-order valence-corrected chi connectivity index (χ1v) is 8.10. The fraction of sp³-hybridized carbons (Fsp3) is 0.150. The van der Waals surface area contributed by atoms with Crippen molar-refractivity contribution in [1.82, 2.24) is 0 Å². The Labute approximate surface area is 150 Å². The Morgan fingerprint density at radius 1 is 1.19 bits per heavy atom. The third-order valence-corrected chi connectivity index (χ3v) is 4.04. The normalized spacial score (nSPS) is 14.5. The van der Waals surface area contributed by atoms with Crippen molar-refractivity contribution in [1.29, 1.82) is 0 Å². The number of aromatic carboxylic acids is 1. The van der Waals surface area contributed by atoms with Gasteiger partial charge in [0, 0.05) is 18.1 Å². The van der Waals surface area contributed by atoms with Crippen molar-refractivity contribution in [2.24, 2.45) is 0 Å². The number of carboxylic acids is 1. The summed E-state index contributed by atoms with van der Waals surface area (Å²) >= 11 is 0. The van der Waals surface area contributed by atoms with E-state index in [-0.39, 0.29) is 11.1 Å². The summed E-state index contributed by atoms with van der Waals surface area (Å²) in [6, 6.07) is 11.5. The molecule has 2 aromatic carbocycles. The van der Waals surface area contributed by atoms with Gasteiger partial charge in [0.15, 0.2) is 0 Å². The van der Waals surface area contributed by atoms with Crippen LogP contribution in [0.5, 0.6) is 5.75 Å². The number of nitrogens with zero attached hydrogens (tertiary/aromatic N) is 1. The van der Waals surface area contributed by atoms with Crippen molar-refractivity contribution in [3.63, 3.8) is 0 Å². The maximum atomic E-state index is 12.8. The van der Waals surface area contributed by atoms with Gasteiger partial charge in [-0.05, 0) is 37.3 Å². The van der Waals surface area contributed by atoms with E-state index in [0.29, 0.717) is 29.2 Å². The molecule has 1 heterocycles. The summed E-state index contributed by atoms with van der Waals surface area (Å²) in [6.07, 6.45) is 1.63. The molecule has 2 aromatic rings. The van der Waals surface area contributed by atoms with E-state index in [1.807, 2.05) is 19.1 Å². The number of carbonyl (C=O) groups excluding carboxylic acids is 2. The van der Waals surface area contributed by atoms with Crippen LogP contribution in [-0.4, -0.2) is 29.5 Å². The van der Waals surface area contributed by atoms with Gasteiger partial charge in [0.05, 0.1) is 23.4 Å². The first kappa shape index (κ1) is 17.4. The molecule has 0 unspecified atom stereocenters. The maximum Gasteiger partial charge on any atom is 0.335 e. The highest BCUT2D eigenvalue weighted by atomic mass is 16.5. The van der Waals surface area contributed by atoms with Crippen LogP contribution in [0.3, 0.4) is 0 Å². The number of carbonyl (C=O) groups is 3. The highest BCUT2D eigenvalue weighted by Crippen LogP contribution is 2.39. The van der Waals surface area contributed by atoms with E-state index >= 15 is 0 Å². The van der Waals surface area contributed by atoms with Gasteiger partial charge >= 0.3 is 5.97 Å². The molecule has 0 aliphatic carbocycles. The molecule has 1 N–H and O–H groups in total. The maximum absolute atomic E-state index is 12.8. The zero-order valence-electron chi connectivity index (χ0n) is 14.4. The summed E-state index contributed by atoms with van der Waals surface area (Å²) in [6.45, 7) is 3.62. The Kier molecular flexibility index (Phi) is 4.58. The fourth-order valence-electron chi connectivity index (χ4n) is 2.92. The Hall–Kier alpha value is -3.41. The molecular formula is C20H17NO5. The van der Waals surface area contributed by atoms with Crippen LogP contribution in [-0.2, 0) is 9.59 Å².